The number of hydrogen-bond donors (Lipinski definition) is 2. The minimum atomic E-state index is 0.384. The molecule has 1 fully saturated rings. The molecule has 0 saturated carbocycles. The minimum Gasteiger partial charge on any atom is -0.341 e. The number of aromatic amines is 1. The molecule has 2 N–H and O–H groups in total. The van der Waals surface area contributed by atoms with Crippen molar-refractivity contribution in [2.24, 2.45) is 5.92 Å². The molecule has 102 valence electrons. The van der Waals surface area contributed by atoms with Crippen LogP contribution in [0.3, 0.4) is 0 Å². The Morgan fingerprint density at radius 1 is 1.16 bits per heavy atom. The summed E-state index contributed by atoms with van der Waals surface area (Å²) in [4.78, 5) is 10.8. The fourth-order valence-corrected chi connectivity index (χ4v) is 2.98. The van der Waals surface area contributed by atoms with Crippen LogP contribution in [0.25, 0.3) is 11.0 Å². The van der Waals surface area contributed by atoms with Crippen molar-refractivity contribution < 1.29 is 0 Å². The van der Waals surface area contributed by atoms with Crippen molar-refractivity contribution in [3.05, 3.63) is 30.1 Å². The lowest BCUT2D eigenvalue weighted by Gasteiger charge is -2.36. The van der Waals surface area contributed by atoms with Gasteiger partial charge in [0.15, 0.2) is 0 Å². The van der Waals surface area contributed by atoms with E-state index in [9.17, 15) is 0 Å². The number of para-hydroxylation sites is 2. The number of fused-ring (bicyclic) bond motifs is 1. The highest BCUT2D eigenvalue weighted by atomic mass is 15.2. The van der Waals surface area contributed by atoms with Gasteiger partial charge >= 0.3 is 0 Å². The molecule has 19 heavy (non-hydrogen) atoms. The molecular weight excluding hydrogens is 236 g/mol. The molecule has 1 aliphatic rings. The van der Waals surface area contributed by atoms with Crippen LogP contribution in [0.2, 0.25) is 0 Å². The molecule has 0 radical (unpaired) electrons. The van der Waals surface area contributed by atoms with E-state index in [0.717, 1.165) is 43.0 Å². The average molecular weight is 258 g/mol. The lowest BCUT2D eigenvalue weighted by molar-refractivity contribution is 0.131. The van der Waals surface area contributed by atoms with E-state index in [1.54, 1.807) is 0 Å². The van der Waals surface area contributed by atoms with Gasteiger partial charge in [0.05, 0.1) is 17.1 Å². The van der Waals surface area contributed by atoms with Crippen LogP contribution >= 0.6 is 0 Å². The number of imidazole rings is 1. The number of rotatable bonds is 3. The number of hydrogen-bond acceptors (Lipinski definition) is 3. The van der Waals surface area contributed by atoms with Crippen molar-refractivity contribution in [1.82, 2.24) is 20.2 Å². The summed E-state index contributed by atoms with van der Waals surface area (Å²) >= 11 is 0. The summed E-state index contributed by atoms with van der Waals surface area (Å²) in [6.45, 7) is 8.90. The van der Waals surface area contributed by atoms with Gasteiger partial charge in [0.1, 0.15) is 5.82 Å². The highest BCUT2D eigenvalue weighted by Crippen LogP contribution is 2.28. The quantitative estimate of drug-likeness (QED) is 0.886. The van der Waals surface area contributed by atoms with Crippen LogP contribution in [-0.4, -0.2) is 41.0 Å². The number of nitrogens with zero attached hydrogens (tertiary/aromatic N) is 2. The third-order valence-electron chi connectivity index (χ3n) is 3.86. The van der Waals surface area contributed by atoms with Gasteiger partial charge in [-0.1, -0.05) is 26.0 Å². The normalized spacial score (nSPS) is 19.1. The largest absolute Gasteiger partial charge is 0.341 e. The zero-order valence-electron chi connectivity index (χ0n) is 11.7. The zero-order valence-corrected chi connectivity index (χ0v) is 11.7. The smallest absolute Gasteiger partial charge is 0.124 e. The maximum absolute atomic E-state index is 4.79. The molecule has 0 bridgehead atoms. The van der Waals surface area contributed by atoms with Crippen molar-refractivity contribution in [1.29, 1.82) is 0 Å². The van der Waals surface area contributed by atoms with Gasteiger partial charge in [-0.25, -0.2) is 4.98 Å². The number of aromatic nitrogens is 2. The van der Waals surface area contributed by atoms with Crippen LogP contribution in [-0.2, 0) is 0 Å². The lowest BCUT2D eigenvalue weighted by Crippen LogP contribution is -2.46. The van der Waals surface area contributed by atoms with Crippen LogP contribution < -0.4 is 5.32 Å². The van der Waals surface area contributed by atoms with Crippen molar-refractivity contribution >= 4 is 11.0 Å². The summed E-state index contributed by atoms with van der Waals surface area (Å²) in [6.07, 6.45) is 0. The number of H-pyrrole nitrogens is 1. The number of piperazine rings is 1. The van der Waals surface area contributed by atoms with Gasteiger partial charge in [0.2, 0.25) is 0 Å². The van der Waals surface area contributed by atoms with Crippen LogP contribution in [0.5, 0.6) is 0 Å². The van der Waals surface area contributed by atoms with Gasteiger partial charge in [-0.3, -0.25) is 4.90 Å². The van der Waals surface area contributed by atoms with E-state index in [0.29, 0.717) is 12.0 Å². The number of nitrogens with one attached hydrogen (secondary N) is 2. The molecule has 2 heterocycles. The molecule has 1 aromatic heterocycles. The first-order valence-electron chi connectivity index (χ1n) is 7.15. The van der Waals surface area contributed by atoms with E-state index in [4.69, 9.17) is 4.98 Å². The lowest BCUT2D eigenvalue weighted by atomic mass is 10.0. The van der Waals surface area contributed by atoms with E-state index < -0.39 is 0 Å². The first-order valence-corrected chi connectivity index (χ1v) is 7.15. The molecule has 0 aliphatic carbocycles. The Morgan fingerprint density at radius 3 is 2.58 bits per heavy atom. The molecule has 1 saturated heterocycles. The van der Waals surface area contributed by atoms with Crippen LogP contribution in [0.15, 0.2) is 24.3 Å². The molecule has 1 unspecified atom stereocenters. The summed E-state index contributed by atoms with van der Waals surface area (Å²) in [5.41, 5.74) is 2.21. The Balaban J connectivity index is 1.94. The second kappa shape index (κ2) is 5.31. The summed E-state index contributed by atoms with van der Waals surface area (Å²) in [5, 5.41) is 3.41. The predicted molar refractivity (Wildman–Crippen MR) is 78.1 cm³/mol. The first-order chi connectivity index (χ1) is 9.25. The van der Waals surface area contributed by atoms with Gasteiger partial charge in [-0.2, -0.15) is 0 Å². The Morgan fingerprint density at radius 2 is 1.89 bits per heavy atom. The molecule has 1 aromatic carbocycles. The first kappa shape index (κ1) is 12.6. The fourth-order valence-electron chi connectivity index (χ4n) is 2.98. The molecular formula is C15H22N4. The molecule has 3 rings (SSSR count). The Hall–Kier alpha value is -1.39. The third kappa shape index (κ3) is 2.51. The molecule has 2 aromatic rings. The molecule has 4 heteroatoms. The summed E-state index contributed by atoms with van der Waals surface area (Å²) in [7, 11) is 0. The van der Waals surface area contributed by atoms with E-state index in [1.165, 1.54) is 0 Å². The van der Waals surface area contributed by atoms with Gasteiger partial charge in [-0.05, 0) is 18.1 Å². The summed E-state index contributed by atoms with van der Waals surface area (Å²) < 4.78 is 0. The Labute approximate surface area is 114 Å². The average Bonchev–Trinajstić information content (AvgIpc) is 2.82. The third-order valence-corrected chi connectivity index (χ3v) is 3.86. The second-order valence-electron chi connectivity index (χ2n) is 5.61. The maximum atomic E-state index is 4.79. The monoisotopic (exact) mass is 258 g/mol. The second-order valence-corrected chi connectivity index (χ2v) is 5.61. The van der Waals surface area contributed by atoms with Gasteiger partial charge in [-0.15, -0.1) is 0 Å². The maximum Gasteiger partial charge on any atom is 0.124 e. The van der Waals surface area contributed by atoms with Gasteiger partial charge in [0, 0.05) is 26.2 Å². The molecule has 1 atom stereocenters. The number of benzene rings is 1. The molecule has 0 amide bonds. The van der Waals surface area contributed by atoms with E-state index in [-0.39, 0.29) is 0 Å². The van der Waals surface area contributed by atoms with Crippen LogP contribution in [0.4, 0.5) is 0 Å². The van der Waals surface area contributed by atoms with E-state index >= 15 is 0 Å². The molecule has 4 nitrogen and oxygen atoms in total. The van der Waals surface area contributed by atoms with Crippen LogP contribution in [0.1, 0.15) is 25.7 Å². The van der Waals surface area contributed by atoms with Crippen molar-refractivity contribution in [2.45, 2.75) is 19.9 Å². The summed E-state index contributed by atoms with van der Waals surface area (Å²) in [5.74, 6) is 1.66. The van der Waals surface area contributed by atoms with Gasteiger partial charge < -0.3 is 10.3 Å². The Kier molecular flexibility index (Phi) is 3.53. The van der Waals surface area contributed by atoms with Crippen molar-refractivity contribution in [2.75, 3.05) is 26.2 Å². The van der Waals surface area contributed by atoms with Crippen molar-refractivity contribution in [3.63, 3.8) is 0 Å². The standard InChI is InChI=1S/C15H22N4/c1-11(2)14(19-9-7-16-8-10-19)15-17-12-5-3-4-6-13(12)18-15/h3-6,11,14,16H,7-10H2,1-2H3,(H,17,18). The highest BCUT2D eigenvalue weighted by Gasteiger charge is 2.27. The SMILES string of the molecule is CC(C)C(c1nc2ccccc2[nH]1)N1CCNCC1. The van der Waals surface area contributed by atoms with E-state index in [1.807, 2.05) is 6.07 Å². The Bertz CT molecular complexity index is 507. The summed E-state index contributed by atoms with van der Waals surface area (Å²) in [6, 6.07) is 8.65. The van der Waals surface area contributed by atoms with Crippen molar-refractivity contribution in [3.8, 4) is 0 Å². The van der Waals surface area contributed by atoms with E-state index in [2.05, 4.69) is 47.2 Å². The zero-order chi connectivity index (χ0) is 13.2. The topological polar surface area (TPSA) is 44.0 Å². The van der Waals surface area contributed by atoms with Gasteiger partial charge in [0.25, 0.3) is 0 Å². The van der Waals surface area contributed by atoms with Crippen LogP contribution in [0, 0.1) is 5.92 Å². The highest BCUT2D eigenvalue weighted by molar-refractivity contribution is 5.74. The molecule has 1 aliphatic heterocycles. The predicted octanol–water partition coefficient (Wildman–Crippen LogP) is 2.17. The molecule has 0 spiro atoms. The fraction of sp³-hybridized carbons (Fsp3) is 0.533. The minimum absolute atomic E-state index is 0.384.